The number of nitrogens with two attached hydrogens (primary N) is 1. The van der Waals surface area contributed by atoms with Gasteiger partial charge in [-0.25, -0.2) is 9.97 Å². The lowest BCUT2D eigenvalue weighted by atomic mass is 9.91. The number of rotatable bonds is 5. The van der Waals surface area contributed by atoms with Gasteiger partial charge in [0.2, 0.25) is 0 Å². The molecule has 170 valence electrons. The van der Waals surface area contributed by atoms with Gasteiger partial charge in [0.25, 0.3) is 0 Å². The molecule has 2 N–H and O–H groups in total. The molecule has 2 aromatic carbocycles. The molecule has 0 radical (unpaired) electrons. The van der Waals surface area contributed by atoms with E-state index >= 15 is 0 Å². The van der Waals surface area contributed by atoms with Crippen molar-refractivity contribution in [3.05, 3.63) is 95.3 Å². The minimum atomic E-state index is -0.157. The fraction of sp³-hybridized carbons (Fsp3) is 0.148. The van der Waals surface area contributed by atoms with E-state index in [0.717, 1.165) is 50.6 Å². The van der Waals surface area contributed by atoms with E-state index in [0.29, 0.717) is 10.8 Å². The van der Waals surface area contributed by atoms with Crippen LogP contribution in [0.1, 0.15) is 29.8 Å². The first-order valence-electron chi connectivity index (χ1n) is 11.0. The largest absolute Gasteiger partial charge is 0.496 e. The fourth-order valence-electron chi connectivity index (χ4n) is 4.47. The molecular weight excluding hydrogens is 446 g/mol. The Morgan fingerprint density at radius 3 is 2.53 bits per heavy atom. The maximum Gasteiger partial charge on any atom is 0.150 e. The molecule has 0 aliphatic carbocycles. The number of pyridine rings is 1. The van der Waals surface area contributed by atoms with Gasteiger partial charge in [0.15, 0.2) is 0 Å². The molecule has 0 amide bonds. The maximum atomic E-state index is 6.74. The molecule has 0 bridgehead atoms. The van der Waals surface area contributed by atoms with Crippen molar-refractivity contribution in [1.82, 2.24) is 19.4 Å². The molecule has 0 aliphatic rings. The molecule has 0 fully saturated rings. The number of nitrogen functional groups attached to an aromatic ring is 1. The Balaban J connectivity index is 1.76. The Hall–Kier alpha value is -3.90. The van der Waals surface area contributed by atoms with Gasteiger partial charge in [0.05, 0.1) is 7.11 Å². The third-order valence-corrected chi connectivity index (χ3v) is 6.56. The maximum absolute atomic E-state index is 6.74. The van der Waals surface area contributed by atoms with Gasteiger partial charge in [0.1, 0.15) is 28.6 Å². The van der Waals surface area contributed by atoms with Crippen LogP contribution in [-0.2, 0) is 0 Å². The first kappa shape index (κ1) is 21.9. The van der Waals surface area contributed by atoms with E-state index in [-0.39, 0.29) is 5.92 Å². The number of aromatic nitrogens is 4. The van der Waals surface area contributed by atoms with E-state index in [1.54, 1.807) is 19.5 Å². The first-order valence-corrected chi connectivity index (χ1v) is 11.3. The highest BCUT2D eigenvalue weighted by atomic mass is 35.5. The lowest BCUT2D eigenvalue weighted by Crippen LogP contribution is -2.07. The molecule has 3 heterocycles. The molecular formula is C27H24ClN5O. The molecule has 7 heteroatoms. The Kier molecular flexibility index (Phi) is 5.67. The summed E-state index contributed by atoms with van der Waals surface area (Å²) in [6.07, 6.45) is 7.15. The molecule has 3 aromatic heterocycles. The quantitative estimate of drug-likeness (QED) is 0.333. The first-order chi connectivity index (χ1) is 16.5. The molecule has 1 atom stereocenters. The summed E-state index contributed by atoms with van der Waals surface area (Å²) in [5.41, 5.74) is 12.6. The zero-order valence-electron chi connectivity index (χ0n) is 19.2. The monoisotopic (exact) mass is 469 g/mol. The smallest absolute Gasteiger partial charge is 0.150 e. The average Bonchev–Trinajstić information content (AvgIpc) is 3.27. The minimum Gasteiger partial charge on any atom is -0.496 e. The Morgan fingerprint density at radius 2 is 1.82 bits per heavy atom. The van der Waals surface area contributed by atoms with Crippen LogP contribution in [0.3, 0.4) is 0 Å². The average molecular weight is 470 g/mol. The van der Waals surface area contributed by atoms with E-state index in [1.807, 2.05) is 72.2 Å². The number of anilines is 1. The summed E-state index contributed by atoms with van der Waals surface area (Å²) in [5.74, 6) is 1.84. The van der Waals surface area contributed by atoms with Gasteiger partial charge in [0, 0.05) is 58.0 Å². The highest BCUT2D eigenvalue weighted by Crippen LogP contribution is 2.44. The molecule has 0 spiro atoms. The minimum absolute atomic E-state index is 0.157. The highest BCUT2D eigenvalue weighted by molar-refractivity contribution is 6.32. The SMILES string of the molecule is COc1c(C(C)c2nc(-c3ccccc3)c3c(N)nccn23)cc(Cl)c(C)c1-c1cccnc1. The van der Waals surface area contributed by atoms with Crippen molar-refractivity contribution in [3.8, 4) is 28.1 Å². The molecule has 1 unspecified atom stereocenters. The summed E-state index contributed by atoms with van der Waals surface area (Å²) in [7, 11) is 1.68. The summed E-state index contributed by atoms with van der Waals surface area (Å²) in [4.78, 5) is 13.7. The molecule has 6 nitrogen and oxygen atoms in total. The molecule has 5 rings (SSSR count). The lowest BCUT2D eigenvalue weighted by Gasteiger charge is -2.21. The van der Waals surface area contributed by atoms with E-state index in [9.17, 15) is 0 Å². The van der Waals surface area contributed by atoms with Gasteiger partial charge in [-0.1, -0.05) is 54.9 Å². The number of halogens is 1. The Labute approximate surface area is 203 Å². The zero-order chi connectivity index (χ0) is 23.8. The van der Waals surface area contributed by atoms with E-state index < -0.39 is 0 Å². The van der Waals surface area contributed by atoms with Crippen LogP contribution in [0.4, 0.5) is 5.82 Å². The van der Waals surface area contributed by atoms with Crippen molar-refractivity contribution in [2.45, 2.75) is 19.8 Å². The van der Waals surface area contributed by atoms with Crippen molar-refractivity contribution >= 4 is 22.9 Å². The van der Waals surface area contributed by atoms with Crippen LogP contribution in [-0.4, -0.2) is 26.5 Å². The highest BCUT2D eigenvalue weighted by Gasteiger charge is 2.26. The Bertz CT molecular complexity index is 1480. The van der Waals surface area contributed by atoms with Crippen LogP contribution in [0.2, 0.25) is 5.02 Å². The standard InChI is InChI=1S/C27H24ClN5O/c1-16(20-14-21(28)17(2)22(25(20)34-3)19-10-7-11-30-15-19)27-32-23(18-8-5-4-6-9-18)24-26(29)31-12-13-33(24)27/h4-16H,1-3H3,(H2,29,31). The van der Waals surface area contributed by atoms with Crippen LogP contribution in [0.5, 0.6) is 5.75 Å². The van der Waals surface area contributed by atoms with Crippen LogP contribution < -0.4 is 10.5 Å². The van der Waals surface area contributed by atoms with E-state index in [1.165, 1.54) is 0 Å². The van der Waals surface area contributed by atoms with Crippen molar-refractivity contribution in [3.63, 3.8) is 0 Å². The second kappa shape index (κ2) is 8.80. The number of hydrogen-bond donors (Lipinski definition) is 1. The lowest BCUT2D eigenvalue weighted by molar-refractivity contribution is 0.409. The van der Waals surface area contributed by atoms with Gasteiger partial charge in [-0.2, -0.15) is 0 Å². The number of ether oxygens (including phenoxy) is 1. The molecule has 0 saturated heterocycles. The van der Waals surface area contributed by atoms with Gasteiger partial charge in [-0.15, -0.1) is 0 Å². The van der Waals surface area contributed by atoms with Crippen molar-refractivity contribution in [2.24, 2.45) is 0 Å². The Morgan fingerprint density at radius 1 is 1.06 bits per heavy atom. The van der Waals surface area contributed by atoms with Crippen LogP contribution >= 0.6 is 11.6 Å². The second-order valence-electron chi connectivity index (χ2n) is 8.16. The number of methoxy groups -OCH3 is 1. The topological polar surface area (TPSA) is 78.3 Å². The van der Waals surface area contributed by atoms with Gasteiger partial charge >= 0.3 is 0 Å². The van der Waals surface area contributed by atoms with Crippen molar-refractivity contribution in [2.75, 3.05) is 12.8 Å². The second-order valence-corrected chi connectivity index (χ2v) is 8.57. The molecule has 34 heavy (non-hydrogen) atoms. The predicted molar refractivity (Wildman–Crippen MR) is 136 cm³/mol. The van der Waals surface area contributed by atoms with Crippen LogP contribution in [0, 0.1) is 6.92 Å². The number of imidazole rings is 1. The molecule has 0 aliphatic heterocycles. The number of fused-ring (bicyclic) bond motifs is 1. The van der Waals surface area contributed by atoms with Crippen molar-refractivity contribution < 1.29 is 4.74 Å². The summed E-state index contributed by atoms with van der Waals surface area (Å²) in [6.45, 7) is 4.09. The number of nitrogens with zero attached hydrogens (tertiary/aromatic N) is 4. The van der Waals surface area contributed by atoms with Crippen molar-refractivity contribution in [1.29, 1.82) is 0 Å². The summed E-state index contributed by atoms with van der Waals surface area (Å²) < 4.78 is 7.98. The van der Waals surface area contributed by atoms with Crippen LogP contribution in [0.25, 0.3) is 27.9 Å². The number of benzene rings is 2. The zero-order valence-corrected chi connectivity index (χ0v) is 19.9. The summed E-state index contributed by atoms with van der Waals surface area (Å²) in [5, 5.41) is 0.659. The van der Waals surface area contributed by atoms with E-state index in [2.05, 4.69) is 16.9 Å². The predicted octanol–water partition coefficient (Wildman–Crippen LogP) is 6.16. The summed E-state index contributed by atoms with van der Waals surface area (Å²) >= 11 is 6.74. The van der Waals surface area contributed by atoms with Crippen LogP contribution in [0.15, 0.2) is 73.3 Å². The van der Waals surface area contributed by atoms with Gasteiger partial charge < -0.3 is 10.5 Å². The normalized spacial score (nSPS) is 12.1. The molecule has 0 saturated carbocycles. The molecule has 5 aromatic rings. The third-order valence-electron chi connectivity index (χ3n) is 6.17. The van der Waals surface area contributed by atoms with E-state index in [4.69, 9.17) is 27.1 Å². The third kappa shape index (κ3) is 3.56. The number of hydrogen-bond acceptors (Lipinski definition) is 5. The van der Waals surface area contributed by atoms with Gasteiger partial charge in [-0.05, 0) is 24.6 Å². The fourth-order valence-corrected chi connectivity index (χ4v) is 4.69. The van der Waals surface area contributed by atoms with Gasteiger partial charge in [-0.3, -0.25) is 9.38 Å². The summed E-state index contributed by atoms with van der Waals surface area (Å²) in [6, 6.07) is 15.9.